The molecule has 9 heteroatoms. The Balaban J connectivity index is 1.73. The molecular formula is C18H26N2O5S2. The Morgan fingerprint density at radius 2 is 2.07 bits per heavy atom. The summed E-state index contributed by atoms with van der Waals surface area (Å²) >= 11 is 1.45. The number of rotatable bonds is 5. The van der Waals surface area contributed by atoms with Crippen LogP contribution in [0.5, 0.6) is 0 Å². The van der Waals surface area contributed by atoms with Crippen molar-refractivity contribution >= 4 is 38.1 Å². The number of nitrogens with one attached hydrogen (secondary N) is 1. The molecule has 7 nitrogen and oxygen atoms in total. The third kappa shape index (κ3) is 4.52. The maximum atomic E-state index is 12.5. The molecule has 0 saturated carbocycles. The molecule has 0 radical (unpaired) electrons. The highest BCUT2D eigenvalue weighted by Crippen LogP contribution is 2.40. The van der Waals surface area contributed by atoms with Crippen LogP contribution in [0.2, 0.25) is 0 Å². The number of hydrogen-bond donors (Lipinski definition) is 1. The van der Waals surface area contributed by atoms with Gasteiger partial charge in [-0.05, 0) is 44.2 Å². The fraction of sp³-hybridized carbons (Fsp3) is 0.667. The summed E-state index contributed by atoms with van der Waals surface area (Å²) in [5.74, 6) is 0.147. The van der Waals surface area contributed by atoms with Crippen molar-refractivity contribution in [2.75, 3.05) is 37.5 Å². The quantitative estimate of drug-likeness (QED) is 0.738. The van der Waals surface area contributed by atoms with Crippen molar-refractivity contribution in [3.8, 4) is 0 Å². The smallest absolute Gasteiger partial charge is 0.341 e. The highest BCUT2D eigenvalue weighted by molar-refractivity contribution is 7.91. The first kappa shape index (κ1) is 20.3. The maximum Gasteiger partial charge on any atom is 0.341 e. The van der Waals surface area contributed by atoms with Gasteiger partial charge in [-0.2, -0.15) is 0 Å². The van der Waals surface area contributed by atoms with E-state index in [1.54, 1.807) is 11.9 Å². The van der Waals surface area contributed by atoms with Crippen LogP contribution in [0.3, 0.4) is 0 Å². The zero-order chi connectivity index (χ0) is 19.8. The van der Waals surface area contributed by atoms with Crippen molar-refractivity contribution in [1.29, 1.82) is 0 Å². The number of esters is 1. The number of ether oxygens (including phenoxy) is 1. The van der Waals surface area contributed by atoms with Crippen LogP contribution in [0.1, 0.15) is 40.6 Å². The van der Waals surface area contributed by atoms with E-state index in [4.69, 9.17) is 4.74 Å². The molecule has 1 aromatic rings. The van der Waals surface area contributed by atoms with Gasteiger partial charge in [-0.15, -0.1) is 11.3 Å². The lowest BCUT2D eigenvalue weighted by Gasteiger charge is -2.22. The van der Waals surface area contributed by atoms with Gasteiger partial charge < -0.3 is 10.1 Å². The lowest BCUT2D eigenvalue weighted by molar-refractivity contribution is -0.117. The van der Waals surface area contributed by atoms with Gasteiger partial charge >= 0.3 is 5.97 Å². The van der Waals surface area contributed by atoms with Gasteiger partial charge in [-0.1, -0.05) is 6.92 Å². The molecule has 1 aromatic heterocycles. The summed E-state index contributed by atoms with van der Waals surface area (Å²) in [6.45, 7) is 2.27. The van der Waals surface area contributed by atoms with E-state index >= 15 is 0 Å². The standard InChI is InChI=1S/C18H26N2O5S2/c1-11-4-5-13-14(8-11)26-17(16(13)18(22)25-3)19-15(21)9-20(2)12-6-7-27(23,24)10-12/h11-12H,4-10H2,1-3H3,(H,19,21). The summed E-state index contributed by atoms with van der Waals surface area (Å²) in [6.07, 6.45) is 3.28. The van der Waals surface area contributed by atoms with Crippen LogP contribution in [0, 0.1) is 5.92 Å². The van der Waals surface area contributed by atoms with Crippen molar-refractivity contribution in [1.82, 2.24) is 4.90 Å². The van der Waals surface area contributed by atoms with Crippen LogP contribution in [0.15, 0.2) is 0 Å². The molecule has 1 saturated heterocycles. The second-order valence-corrected chi connectivity index (χ2v) is 10.9. The van der Waals surface area contributed by atoms with Crippen LogP contribution < -0.4 is 5.32 Å². The Kier molecular flexibility index (Phi) is 5.93. The highest BCUT2D eigenvalue weighted by atomic mass is 32.2. The van der Waals surface area contributed by atoms with Crippen LogP contribution in [0.25, 0.3) is 0 Å². The maximum absolute atomic E-state index is 12.5. The lowest BCUT2D eigenvalue weighted by atomic mass is 9.88. The average Bonchev–Trinajstić information content (AvgIpc) is 3.13. The van der Waals surface area contributed by atoms with Crippen molar-refractivity contribution in [3.05, 3.63) is 16.0 Å². The molecule has 0 spiro atoms. The molecule has 150 valence electrons. The monoisotopic (exact) mass is 414 g/mol. The number of carbonyl (C=O) groups is 2. The predicted octanol–water partition coefficient (Wildman–Crippen LogP) is 1.72. The van der Waals surface area contributed by atoms with Crippen LogP contribution >= 0.6 is 11.3 Å². The van der Waals surface area contributed by atoms with Gasteiger partial charge in [0.2, 0.25) is 5.91 Å². The Hall–Kier alpha value is -1.45. The van der Waals surface area contributed by atoms with Gasteiger partial charge in [0.05, 0.1) is 30.7 Å². The van der Waals surface area contributed by atoms with Gasteiger partial charge in [-0.25, -0.2) is 13.2 Å². The SMILES string of the molecule is COC(=O)c1c(NC(=O)CN(C)C2CCS(=O)(=O)C2)sc2c1CCC(C)C2. The summed E-state index contributed by atoms with van der Waals surface area (Å²) in [4.78, 5) is 27.7. The van der Waals surface area contributed by atoms with Crippen LogP contribution in [-0.2, 0) is 32.2 Å². The predicted molar refractivity (Wildman–Crippen MR) is 105 cm³/mol. The second kappa shape index (κ2) is 7.89. The molecule has 1 N–H and O–H groups in total. The number of methoxy groups -OCH3 is 1. The van der Waals surface area contributed by atoms with Gasteiger partial charge in [-0.3, -0.25) is 9.69 Å². The largest absolute Gasteiger partial charge is 0.465 e. The molecule has 1 amide bonds. The van der Waals surface area contributed by atoms with E-state index in [0.29, 0.717) is 22.9 Å². The molecular weight excluding hydrogens is 388 g/mol. The van der Waals surface area contributed by atoms with Gasteiger partial charge in [0, 0.05) is 10.9 Å². The molecule has 1 aliphatic carbocycles. The second-order valence-electron chi connectivity index (χ2n) is 7.57. The third-order valence-electron chi connectivity index (χ3n) is 5.38. The summed E-state index contributed by atoms with van der Waals surface area (Å²) < 4.78 is 28.2. The summed E-state index contributed by atoms with van der Waals surface area (Å²) in [5.41, 5.74) is 1.47. The molecule has 27 heavy (non-hydrogen) atoms. The van der Waals surface area contributed by atoms with Crippen LogP contribution in [0.4, 0.5) is 5.00 Å². The molecule has 2 aliphatic rings. The Bertz CT molecular complexity index is 846. The van der Waals surface area contributed by atoms with Crippen molar-refractivity contribution in [2.45, 2.75) is 38.6 Å². The molecule has 2 heterocycles. The highest BCUT2D eigenvalue weighted by Gasteiger charge is 2.32. The van der Waals surface area contributed by atoms with Gasteiger partial charge in [0.1, 0.15) is 5.00 Å². The van der Waals surface area contributed by atoms with E-state index in [-0.39, 0.29) is 30.0 Å². The number of likely N-dealkylation sites (N-methyl/N-ethyl adjacent to an activating group) is 1. The first-order valence-electron chi connectivity index (χ1n) is 9.13. The Morgan fingerprint density at radius 3 is 2.70 bits per heavy atom. The molecule has 3 rings (SSSR count). The van der Waals surface area contributed by atoms with Crippen molar-refractivity contribution in [3.63, 3.8) is 0 Å². The number of hydrogen-bond acceptors (Lipinski definition) is 7. The molecule has 1 fully saturated rings. The molecule has 0 bridgehead atoms. The number of carbonyl (C=O) groups excluding carboxylic acids is 2. The number of thiophene rings is 1. The van der Waals surface area contributed by atoms with E-state index in [1.807, 2.05) is 0 Å². The van der Waals surface area contributed by atoms with Crippen molar-refractivity contribution < 1.29 is 22.7 Å². The van der Waals surface area contributed by atoms with Crippen LogP contribution in [-0.4, -0.2) is 63.4 Å². The molecule has 2 unspecified atom stereocenters. The van der Waals surface area contributed by atoms with E-state index in [2.05, 4.69) is 12.2 Å². The number of nitrogens with zero attached hydrogens (tertiary/aromatic N) is 1. The Morgan fingerprint density at radius 1 is 1.33 bits per heavy atom. The molecule has 0 aromatic carbocycles. The topological polar surface area (TPSA) is 92.8 Å². The lowest BCUT2D eigenvalue weighted by Crippen LogP contribution is -2.38. The zero-order valence-electron chi connectivity index (χ0n) is 15.9. The van der Waals surface area contributed by atoms with E-state index in [1.165, 1.54) is 18.4 Å². The first-order chi connectivity index (χ1) is 12.7. The third-order valence-corrected chi connectivity index (χ3v) is 8.30. The summed E-state index contributed by atoms with van der Waals surface area (Å²) in [6, 6.07) is -0.141. The number of fused-ring (bicyclic) bond motifs is 1. The van der Waals surface area contributed by atoms with Gasteiger partial charge in [0.15, 0.2) is 9.84 Å². The number of amides is 1. The minimum atomic E-state index is -3.00. The van der Waals surface area contributed by atoms with Crippen molar-refractivity contribution in [2.24, 2.45) is 5.92 Å². The van der Waals surface area contributed by atoms with E-state index in [0.717, 1.165) is 29.7 Å². The Labute approximate surface area is 164 Å². The average molecular weight is 415 g/mol. The van der Waals surface area contributed by atoms with E-state index < -0.39 is 15.8 Å². The van der Waals surface area contributed by atoms with E-state index in [9.17, 15) is 18.0 Å². The minimum Gasteiger partial charge on any atom is -0.465 e. The van der Waals surface area contributed by atoms with Gasteiger partial charge in [0.25, 0.3) is 0 Å². The molecule has 1 aliphatic heterocycles. The minimum absolute atomic E-state index is 0.0831. The normalized spacial score (nSPS) is 23.9. The fourth-order valence-electron chi connectivity index (χ4n) is 3.80. The summed E-state index contributed by atoms with van der Waals surface area (Å²) in [5, 5.41) is 3.40. The zero-order valence-corrected chi connectivity index (χ0v) is 17.5. The number of anilines is 1. The summed E-state index contributed by atoms with van der Waals surface area (Å²) in [7, 11) is 0.106. The molecule has 2 atom stereocenters. The fourth-order valence-corrected chi connectivity index (χ4v) is 7.02. The number of sulfone groups is 1. The first-order valence-corrected chi connectivity index (χ1v) is 11.8.